The summed E-state index contributed by atoms with van der Waals surface area (Å²) in [5, 5.41) is 10.1. The van der Waals surface area contributed by atoms with Crippen molar-refractivity contribution in [2.75, 3.05) is 13.6 Å². The standard InChI is InChI=1S/C16H20N6O.2ClH/c1-17-15(12-9-20-21(2)10-12)16(23)18-7-8-22-11-19-13-5-3-4-6-14(13)22;;/h3-6,9-11,15,17H,7-8H2,1-2H3,(H,18,23);2*1H. The van der Waals surface area contributed by atoms with E-state index < -0.39 is 6.04 Å². The van der Waals surface area contributed by atoms with E-state index >= 15 is 0 Å². The number of halogens is 2. The Morgan fingerprint density at radius 1 is 1.28 bits per heavy atom. The highest BCUT2D eigenvalue weighted by Crippen LogP contribution is 2.12. The van der Waals surface area contributed by atoms with Crippen LogP contribution in [0.15, 0.2) is 43.0 Å². The van der Waals surface area contributed by atoms with Crippen molar-refractivity contribution < 1.29 is 4.79 Å². The smallest absolute Gasteiger partial charge is 0.241 e. The van der Waals surface area contributed by atoms with Gasteiger partial charge in [-0.05, 0) is 19.2 Å². The minimum absolute atomic E-state index is 0. The molecule has 25 heavy (non-hydrogen) atoms. The Morgan fingerprint density at radius 2 is 2.04 bits per heavy atom. The van der Waals surface area contributed by atoms with Gasteiger partial charge in [-0.3, -0.25) is 9.48 Å². The van der Waals surface area contributed by atoms with Gasteiger partial charge in [0.25, 0.3) is 0 Å². The maximum absolute atomic E-state index is 12.3. The van der Waals surface area contributed by atoms with Crippen molar-refractivity contribution in [3.05, 3.63) is 48.5 Å². The van der Waals surface area contributed by atoms with Gasteiger partial charge in [0.2, 0.25) is 5.91 Å². The van der Waals surface area contributed by atoms with Crippen LogP contribution >= 0.6 is 24.8 Å². The van der Waals surface area contributed by atoms with Gasteiger partial charge in [0.15, 0.2) is 0 Å². The van der Waals surface area contributed by atoms with Gasteiger partial charge < -0.3 is 15.2 Å². The van der Waals surface area contributed by atoms with Crippen LogP contribution in [0.1, 0.15) is 11.6 Å². The largest absolute Gasteiger partial charge is 0.353 e. The van der Waals surface area contributed by atoms with E-state index in [1.807, 2.05) is 42.1 Å². The van der Waals surface area contributed by atoms with Crippen LogP contribution < -0.4 is 10.6 Å². The summed E-state index contributed by atoms with van der Waals surface area (Å²) in [6, 6.07) is 7.55. The fourth-order valence-electron chi connectivity index (χ4n) is 2.63. The van der Waals surface area contributed by atoms with Crippen LogP contribution in [-0.2, 0) is 18.4 Å². The maximum Gasteiger partial charge on any atom is 0.241 e. The quantitative estimate of drug-likeness (QED) is 0.677. The summed E-state index contributed by atoms with van der Waals surface area (Å²) >= 11 is 0. The average Bonchev–Trinajstić information content (AvgIpc) is 3.15. The fraction of sp³-hybridized carbons (Fsp3) is 0.312. The lowest BCUT2D eigenvalue weighted by molar-refractivity contribution is -0.123. The van der Waals surface area contributed by atoms with Gasteiger partial charge in [-0.2, -0.15) is 5.10 Å². The van der Waals surface area contributed by atoms with Crippen LogP contribution in [-0.4, -0.2) is 38.8 Å². The summed E-state index contributed by atoms with van der Waals surface area (Å²) in [6.07, 6.45) is 5.34. The van der Waals surface area contributed by atoms with Gasteiger partial charge in [-0.15, -0.1) is 24.8 Å². The first-order valence-corrected chi connectivity index (χ1v) is 7.52. The third-order valence-electron chi connectivity index (χ3n) is 3.79. The lowest BCUT2D eigenvalue weighted by Gasteiger charge is -2.14. The van der Waals surface area contributed by atoms with Gasteiger partial charge in [-0.25, -0.2) is 4.98 Å². The Bertz CT molecular complexity index is 816. The third kappa shape index (κ3) is 4.72. The molecule has 0 aliphatic carbocycles. The number of fused-ring (bicyclic) bond motifs is 1. The molecule has 0 saturated carbocycles. The van der Waals surface area contributed by atoms with E-state index in [4.69, 9.17) is 0 Å². The van der Waals surface area contributed by atoms with Gasteiger partial charge in [0.05, 0.1) is 23.6 Å². The van der Waals surface area contributed by atoms with Crippen molar-refractivity contribution in [3.8, 4) is 0 Å². The lowest BCUT2D eigenvalue weighted by atomic mass is 10.1. The molecule has 0 bridgehead atoms. The van der Waals surface area contributed by atoms with E-state index in [1.165, 1.54) is 0 Å². The number of nitrogens with one attached hydrogen (secondary N) is 2. The van der Waals surface area contributed by atoms with E-state index in [9.17, 15) is 4.79 Å². The number of imidazole rings is 1. The summed E-state index contributed by atoms with van der Waals surface area (Å²) < 4.78 is 3.72. The van der Waals surface area contributed by atoms with Crippen LogP contribution in [0.5, 0.6) is 0 Å². The molecule has 2 heterocycles. The van der Waals surface area contributed by atoms with Crippen molar-refractivity contribution in [1.82, 2.24) is 30.0 Å². The minimum atomic E-state index is -0.400. The highest BCUT2D eigenvalue weighted by Gasteiger charge is 2.19. The van der Waals surface area contributed by atoms with Gasteiger partial charge in [-0.1, -0.05) is 12.1 Å². The molecular formula is C16H22Cl2N6O. The van der Waals surface area contributed by atoms with Crippen molar-refractivity contribution in [1.29, 1.82) is 0 Å². The Morgan fingerprint density at radius 3 is 2.72 bits per heavy atom. The molecule has 3 rings (SSSR count). The number of hydrogen-bond acceptors (Lipinski definition) is 4. The number of aromatic nitrogens is 4. The van der Waals surface area contributed by atoms with E-state index in [2.05, 4.69) is 20.7 Å². The summed E-state index contributed by atoms with van der Waals surface area (Å²) in [4.78, 5) is 16.7. The first kappa shape index (κ1) is 21.0. The Balaban J connectivity index is 0.00000156. The molecule has 0 aliphatic rings. The molecule has 2 aromatic heterocycles. The number of rotatable bonds is 6. The molecule has 7 nitrogen and oxygen atoms in total. The number of para-hydroxylation sites is 2. The molecule has 3 aromatic rings. The van der Waals surface area contributed by atoms with E-state index in [1.54, 1.807) is 24.3 Å². The lowest BCUT2D eigenvalue weighted by Crippen LogP contribution is -2.37. The molecule has 0 saturated heterocycles. The molecule has 1 amide bonds. The zero-order valence-corrected chi connectivity index (χ0v) is 15.7. The summed E-state index contributed by atoms with van der Waals surface area (Å²) in [5.41, 5.74) is 2.88. The minimum Gasteiger partial charge on any atom is -0.353 e. The van der Waals surface area contributed by atoms with E-state index in [0.717, 1.165) is 16.6 Å². The monoisotopic (exact) mass is 384 g/mol. The fourth-order valence-corrected chi connectivity index (χ4v) is 2.63. The molecule has 1 atom stereocenters. The predicted molar refractivity (Wildman–Crippen MR) is 102 cm³/mol. The molecule has 0 radical (unpaired) electrons. The first-order valence-electron chi connectivity index (χ1n) is 7.52. The number of nitrogens with zero attached hydrogens (tertiary/aromatic N) is 4. The molecule has 0 spiro atoms. The predicted octanol–water partition coefficient (Wildman–Crippen LogP) is 1.69. The molecule has 136 valence electrons. The highest BCUT2D eigenvalue weighted by molar-refractivity contribution is 5.85. The molecule has 1 aromatic carbocycles. The summed E-state index contributed by atoms with van der Waals surface area (Å²) in [6.45, 7) is 1.22. The van der Waals surface area contributed by atoms with Gasteiger partial charge in [0.1, 0.15) is 6.04 Å². The second-order valence-corrected chi connectivity index (χ2v) is 5.39. The molecule has 0 aliphatic heterocycles. The van der Waals surface area contributed by atoms with Crippen LogP contribution in [0.25, 0.3) is 11.0 Å². The topological polar surface area (TPSA) is 76.8 Å². The van der Waals surface area contributed by atoms with E-state index in [0.29, 0.717) is 13.1 Å². The normalized spacial score (nSPS) is 11.4. The van der Waals surface area contributed by atoms with Crippen molar-refractivity contribution >= 4 is 41.8 Å². The Labute approximate surface area is 158 Å². The number of amides is 1. The van der Waals surface area contributed by atoms with Crippen molar-refractivity contribution in [2.24, 2.45) is 7.05 Å². The molecule has 9 heteroatoms. The Hall–Kier alpha value is -2.09. The number of aryl methyl sites for hydroxylation is 1. The SMILES string of the molecule is CNC(C(=O)NCCn1cnc2ccccc21)c1cnn(C)c1.Cl.Cl. The van der Waals surface area contributed by atoms with Crippen molar-refractivity contribution in [2.45, 2.75) is 12.6 Å². The van der Waals surface area contributed by atoms with Crippen LogP contribution in [0.4, 0.5) is 0 Å². The first-order chi connectivity index (χ1) is 11.2. The van der Waals surface area contributed by atoms with Crippen LogP contribution in [0.3, 0.4) is 0 Å². The number of likely N-dealkylation sites (N-methyl/N-ethyl adjacent to an activating group) is 1. The Kier molecular flexibility index (Phi) is 7.89. The number of hydrogen-bond donors (Lipinski definition) is 2. The molecule has 0 fully saturated rings. The highest BCUT2D eigenvalue weighted by atomic mass is 35.5. The van der Waals surface area contributed by atoms with E-state index in [-0.39, 0.29) is 30.7 Å². The van der Waals surface area contributed by atoms with Gasteiger partial charge in [0, 0.05) is 31.9 Å². The zero-order valence-electron chi connectivity index (χ0n) is 14.0. The maximum atomic E-state index is 12.3. The molecule has 2 N–H and O–H groups in total. The zero-order chi connectivity index (χ0) is 16.2. The van der Waals surface area contributed by atoms with Crippen LogP contribution in [0.2, 0.25) is 0 Å². The number of benzene rings is 1. The van der Waals surface area contributed by atoms with Crippen LogP contribution in [0, 0.1) is 0 Å². The second-order valence-electron chi connectivity index (χ2n) is 5.39. The average molecular weight is 385 g/mol. The molecular weight excluding hydrogens is 363 g/mol. The molecule has 1 unspecified atom stereocenters. The number of carbonyl (C=O) groups excluding carboxylic acids is 1. The van der Waals surface area contributed by atoms with Crippen molar-refractivity contribution in [3.63, 3.8) is 0 Å². The summed E-state index contributed by atoms with van der Waals surface area (Å²) in [5.74, 6) is -0.0649. The third-order valence-corrected chi connectivity index (χ3v) is 3.79. The number of carbonyl (C=O) groups is 1. The second kappa shape index (κ2) is 9.41. The van der Waals surface area contributed by atoms with Gasteiger partial charge >= 0.3 is 0 Å². The summed E-state index contributed by atoms with van der Waals surface area (Å²) in [7, 11) is 3.60.